The van der Waals surface area contributed by atoms with Gasteiger partial charge in [0.15, 0.2) is 0 Å². The molecule has 3 saturated carbocycles. The SMILES string of the molecule is CCC(COCCOCCOCCOCCCNC(=O)O[C@H]1CC[C@@]2(C)C(=CCC3C4CCC([C@H](C)CCCC(C)C)[C@@]4(C)CCC32)C1)OP(=O)(O)OC. The Morgan fingerprint density at radius 2 is 1.59 bits per heavy atom. The lowest BCUT2D eigenvalue weighted by Crippen LogP contribution is -2.51. The van der Waals surface area contributed by atoms with E-state index in [2.05, 4.69) is 50.5 Å². The maximum absolute atomic E-state index is 12.7. The Kier molecular flexibility index (Phi) is 18.8. The Labute approximate surface area is 327 Å². The first kappa shape index (κ1) is 45.7. The van der Waals surface area contributed by atoms with Crippen molar-refractivity contribution < 1.29 is 47.0 Å². The normalized spacial score (nSPS) is 31.5. The van der Waals surface area contributed by atoms with Gasteiger partial charge in [0.05, 0.1) is 52.4 Å². The van der Waals surface area contributed by atoms with Crippen LogP contribution in [-0.4, -0.2) is 89.7 Å². The van der Waals surface area contributed by atoms with Crippen molar-refractivity contribution in [1.29, 1.82) is 0 Å². The van der Waals surface area contributed by atoms with Gasteiger partial charge in [-0.2, -0.15) is 0 Å². The molecule has 2 N–H and O–H groups in total. The second kappa shape index (κ2) is 22.2. The zero-order valence-electron chi connectivity index (χ0n) is 34.8. The summed E-state index contributed by atoms with van der Waals surface area (Å²) in [5, 5.41) is 2.92. The van der Waals surface area contributed by atoms with Crippen LogP contribution < -0.4 is 5.32 Å². The van der Waals surface area contributed by atoms with Crippen molar-refractivity contribution in [3.05, 3.63) is 11.6 Å². The van der Waals surface area contributed by atoms with E-state index in [9.17, 15) is 14.3 Å². The van der Waals surface area contributed by atoms with Crippen LogP contribution in [0, 0.1) is 46.3 Å². The lowest BCUT2D eigenvalue weighted by atomic mass is 9.47. The highest BCUT2D eigenvalue weighted by atomic mass is 31.2. The highest BCUT2D eigenvalue weighted by Crippen LogP contribution is 2.67. The van der Waals surface area contributed by atoms with Crippen LogP contribution in [0.2, 0.25) is 0 Å². The first-order valence-corrected chi connectivity index (χ1v) is 22.8. The molecule has 1 amide bonds. The predicted octanol–water partition coefficient (Wildman–Crippen LogP) is 9.12. The van der Waals surface area contributed by atoms with Gasteiger partial charge in [0.2, 0.25) is 0 Å². The molecular weight excluding hydrogens is 709 g/mol. The number of phosphoric acid groups is 1. The summed E-state index contributed by atoms with van der Waals surface area (Å²) in [6.45, 7) is 18.1. The Bertz CT molecular complexity index is 1200. The van der Waals surface area contributed by atoms with Crippen LogP contribution in [0.5, 0.6) is 0 Å². The van der Waals surface area contributed by atoms with E-state index in [0.29, 0.717) is 71.0 Å². The number of amides is 1. The summed E-state index contributed by atoms with van der Waals surface area (Å²) < 4.78 is 49.0. The molecule has 4 aliphatic rings. The van der Waals surface area contributed by atoms with Gasteiger partial charge in [-0.1, -0.05) is 72.5 Å². The van der Waals surface area contributed by atoms with Gasteiger partial charge in [0, 0.05) is 26.7 Å². The number of carbonyl (C=O) groups is 1. The van der Waals surface area contributed by atoms with Crippen molar-refractivity contribution in [3.8, 4) is 0 Å². The number of nitrogens with one attached hydrogen (secondary N) is 1. The first-order chi connectivity index (χ1) is 25.8. The summed E-state index contributed by atoms with van der Waals surface area (Å²) in [5.74, 6) is 4.98. The number of alkyl carbamates (subject to hydrolysis) is 1. The molecule has 10 atom stereocenters. The Morgan fingerprint density at radius 1 is 0.907 bits per heavy atom. The molecule has 0 aromatic heterocycles. The third-order valence-electron chi connectivity index (χ3n) is 13.7. The summed E-state index contributed by atoms with van der Waals surface area (Å²) in [4.78, 5) is 22.1. The molecular formula is C42H76NO10P. The lowest BCUT2D eigenvalue weighted by Gasteiger charge is -2.58. The average Bonchev–Trinajstić information content (AvgIpc) is 3.50. The molecule has 0 bridgehead atoms. The van der Waals surface area contributed by atoms with Crippen molar-refractivity contribution >= 4 is 13.9 Å². The second-order valence-electron chi connectivity index (χ2n) is 17.5. The maximum Gasteiger partial charge on any atom is 0.472 e. The Balaban J connectivity index is 1.03. The molecule has 6 unspecified atom stereocenters. The van der Waals surface area contributed by atoms with Gasteiger partial charge in [-0.05, 0) is 104 Å². The standard InChI is InChI=1S/C42H76NO10P/c1-8-34(53-54(45,46)47-7)30-51-28-27-50-26-25-49-24-23-48-22-10-21-43-40(44)52-35-17-19-41(5)33(29-35)13-14-36-38-16-15-37(32(4)12-9-11-31(2)3)42(38,6)20-18-39(36)41/h13,31-32,34-39H,8-12,14-30H2,1-7H3,(H,43,44)(H,45,46)/t32-,34?,35+,36?,37?,38?,39?,41+,42-/m1/s1. The number of allylic oxidation sites excluding steroid dienone is 1. The van der Waals surface area contributed by atoms with E-state index in [4.69, 9.17) is 28.2 Å². The molecule has 0 aromatic rings. The van der Waals surface area contributed by atoms with Gasteiger partial charge >= 0.3 is 13.9 Å². The Morgan fingerprint density at radius 3 is 2.26 bits per heavy atom. The average molecular weight is 786 g/mol. The Hall–Kier alpha value is -1.04. The number of fused-ring (bicyclic) bond motifs is 5. The monoisotopic (exact) mass is 786 g/mol. The molecule has 4 rings (SSSR count). The minimum Gasteiger partial charge on any atom is -0.446 e. The number of rotatable bonds is 25. The van der Waals surface area contributed by atoms with Gasteiger partial charge in [-0.25, -0.2) is 9.36 Å². The van der Waals surface area contributed by atoms with Gasteiger partial charge < -0.3 is 33.9 Å². The minimum atomic E-state index is -4.02. The van der Waals surface area contributed by atoms with E-state index >= 15 is 0 Å². The molecule has 0 aromatic carbocycles. The summed E-state index contributed by atoms with van der Waals surface area (Å²) in [5.41, 5.74) is 2.31. The van der Waals surface area contributed by atoms with E-state index in [1.165, 1.54) is 51.4 Å². The number of hydrogen-bond donors (Lipinski definition) is 2. The molecule has 12 heteroatoms. The highest BCUT2D eigenvalue weighted by molar-refractivity contribution is 7.47. The smallest absolute Gasteiger partial charge is 0.446 e. The highest BCUT2D eigenvalue weighted by Gasteiger charge is 2.59. The zero-order valence-corrected chi connectivity index (χ0v) is 35.7. The van der Waals surface area contributed by atoms with Crippen molar-refractivity contribution in [3.63, 3.8) is 0 Å². The first-order valence-electron chi connectivity index (χ1n) is 21.3. The molecule has 3 fully saturated rings. The number of phosphoric ester groups is 1. The fraction of sp³-hybridized carbons (Fsp3) is 0.929. The number of ether oxygens (including phenoxy) is 5. The molecule has 4 aliphatic carbocycles. The van der Waals surface area contributed by atoms with Gasteiger partial charge in [-0.15, -0.1) is 0 Å². The van der Waals surface area contributed by atoms with Crippen molar-refractivity contribution in [2.75, 3.05) is 66.5 Å². The number of carbonyl (C=O) groups excluding carboxylic acids is 1. The van der Waals surface area contributed by atoms with E-state index in [1.54, 1.807) is 5.57 Å². The van der Waals surface area contributed by atoms with Crippen molar-refractivity contribution in [1.82, 2.24) is 5.32 Å². The largest absolute Gasteiger partial charge is 0.472 e. The van der Waals surface area contributed by atoms with Gasteiger partial charge in [-0.3, -0.25) is 9.05 Å². The quantitative estimate of drug-likeness (QED) is 0.0525. The fourth-order valence-corrected chi connectivity index (χ4v) is 11.3. The zero-order chi connectivity index (χ0) is 39.2. The topological polar surface area (TPSA) is 131 Å². The number of hydrogen-bond acceptors (Lipinski definition) is 9. The summed E-state index contributed by atoms with van der Waals surface area (Å²) in [6.07, 6.45) is 16.8. The van der Waals surface area contributed by atoms with Crippen LogP contribution in [-0.2, 0) is 37.3 Å². The van der Waals surface area contributed by atoms with Crippen LogP contribution in [0.15, 0.2) is 11.6 Å². The van der Waals surface area contributed by atoms with Gasteiger partial charge in [0.25, 0.3) is 0 Å². The summed E-state index contributed by atoms with van der Waals surface area (Å²) in [6, 6.07) is 0. The van der Waals surface area contributed by atoms with E-state index in [0.717, 1.165) is 61.9 Å². The third-order valence-corrected chi connectivity index (χ3v) is 14.7. The minimum absolute atomic E-state index is 0.0417. The maximum atomic E-state index is 12.7. The van der Waals surface area contributed by atoms with Crippen LogP contribution in [0.25, 0.3) is 0 Å². The molecule has 0 radical (unpaired) electrons. The van der Waals surface area contributed by atoms with Gasteiger partial charge in [0.1, 0.15) is 6.10 Å². The van der Waals surface area contributed by atoms with Crippen LogP contribution in [0.3, 0.4) is 0 Å². The molecule has 11 nitrogen and oxygen atoms in total. The van der Waals surface area contributed by atoms with Crippen LogP contribution in [0.1, 0.15) is 125 Å². The molecule has 0 saturated heterocycles. The predicted molar refractivity (Wildman–Crippen MR) is 211 cm³/mol. The van der Waals surface area contributed by atoms with Crippen molar-refractivity contribution in [2.45, 2.75) is 137 Å². The lowest BCUT2D eigenvalue weighted by molar-refractivity contribution is -0.0581. The second-order valence-corrected chi connectivity index (χ2v) is 19.1. The van der Waals surface area contributed by atoms with Crippen LogP contribution in [0.4, 0.5) is 4.79 Å². The molecule has 314 valence electrons. The third kappa shape index (κ3) is 13.0. The van der Waals surface area contributed by atoms with E-state index in [-0.39, 0.29) is 24.2 Å². The summed E-state index contributed by atoms with van der Waals surface area (Å²) >= 11 is 0. The molecule has 0 heterocycles. The van der Waals surface area contributed by atoms with E-state index < -0.39 is 13.9 Å². The summed E-state index contributed by atoms with van der Waals surface area (Å²) in [7, 11) is -2.90. The fourth-order valence-electron chi connectivity index (χ4n) is 10.6. The van der Waals surface area contributed by atoms with Crippen LogP contribution >= 0.6 is 7.82 Å². The van der Waals surface area contributed by atoms with E-state index in [1.807, 2.05) is 6.92 Å². The molecule has 54 heavy (non-hydrogen) atoms. The molecule has 0 spiro atoms. The van der Waals surface area contributed by atoms with Crippen molar-refractivity contribution in [2.24, 2.45) is 46.3 Å². The molecule has 0 aliphatic heterocycles.